The number of ether oxygens (including phenoxy) is 2. The van der Waals surface area contributed by atoms with E-state index in [1.807, 2.05) is 6.92 Å². The van der Waals surface area contributed by atoms with Crippen molar-refractivity contribution >= 4 is 10.0 Å². The molecular formula is C18H21FN2O4S. The Morgan fingerprint density at radius 3 is 2.58 bits per heavy atom. The standard InChI is InChI=1S/C18H21FN2O4S/c1-2-24-15-6-3-4-7-16(15)26(22,23)21-12-10-14(11-13-21)25-18-9-5-8-17(19)20-18/h3-9,14H,2,10-13H2,1H3. The van der Waals surface area contributed by atoms with Crippen molar-refractivity contribution in [2.24, 2.45) is 0 Å². The minimum atomic E-state index is -3.64. The molecule has 3 rings (SSSR count). The number of rotatable bonds is 6. The molecule has 0 unspecified atom stereocenters. The third-order valence-corrected chi connectivity index (χ3v) is 6.08. The molecule has 26 heavy (non-hydrogen) atoms. The normalized spacial score (nSPS) is 16.4. The highest BCUT2D eigenvalue weighted by molar-refractivity contribution is 7.89. The number of sulfonamides is 1. The zero-order valence-corrected chi connectivity index (χ0v) is 15.3. The predicted octanol–water partition coefficient (Wildman–Crippen LogP) is 2.85. The van der Waals surface area contributed by atoms with Crippen LogP contribution < -0.4 is 9.47 Å². The summed E-state index contributed by atoms with van der Waals surface area (Å²) in [6.07, 6.45) is 0.820. The Balaban J connectivity index is 1.67. The molecule has 1 aliphatic heterocycles. The maximum atomic E-state index is 13.1. The van der Waals surface area contributed by atoms with Crippen LogP contribution in [0, 0.1) is 5.95 Å². The van der Waals surface area contributed by atoms with E-state index in [4.69, 9.17) is 9.47 Å². The van der Waals surface area contributed by atoms with Gasteiger partial charge in [0.1, 0.15) is 16.7 Å². The second kappa shape index (κ2) is 8.01. The number of nitrogens with zero attached hydrogens (tertiary/aromatic N) is 2. The quantitative estimate of drug-likeness (QED) is 0.721. The molecule has 0 spiro atoms. The fourth-order valence-corrected chi connectivity index (χ4v) is 4.49. The average Bonchev–Trinajstić information content (AvgIpc) is 2.63. The maximum Gasteiger partial charge on any atom is 0.246 e. The van der Waals surface area contributed by atoms with Crippen molar-refractivity contribution < 1.29 is 22.3 Å². The largest absolute Gasteiger partial charge is 0.492 e. The van der Waals surface area contributed by atoms with Gasteiger partial charge in [-0.2, -0.15) is 13.7 Å². The number of hydrogen-bond acceptors (Lipinski definition) is 5. The second-order valence-corrected chi connectivity index (χ2v) is 7.81. The molecular weight excluding hydrogens is 359 g/mol. The summed E-state index contributed by atoms with van der Waals surface area (Å²) < 4.78 is 51.6. The molecule has 0 N–H and O–H groups in total. The molecule has 2 aromatic rings. The fourth-order valence-electron chi connectivity index (χ4n) is 2.89. The molecule has 1 aromatic carbocycles. The van der Waals surface area contributed by atoms with Gasteiger partial charge in [-0.1, -0.05) is 18.2 Å². The van der Waals surface area contributed by atoms with Crippen LogP contribution in [0.2, 0.25) is 0 Å². The van der Waals surface area contributed by atoms with Crippen molar-refractivity contribution in [2.75, 3.05) is 19.7 Å². The summed E-state index contributed by atoms with van der Waals surface area (Å²) in [5.74, 6) is -0.0274. The monoisotopic (exact) mass is 380 g/mol. The second-order valence-electron chi connectivity index (χ2n) is 5.90. The van der Waals surface area contributed by atoms with Crippen LogP contribution in [0.15, 0.2) is 47.4 Å². The Kier molecular flexibility index (Phi) is 5.73. The first-order chi connectivity index (χ1) is 12.5. The molecule has 1 aromatic heterocycles. The van der Waals surface area contributed by atoms with E-state index >= 15 is 0 Å². The van der Waals surface area contributed by atoms with Gasteiger partial charge in [0, 0.05) is 19.2 Å². The van der Waals surface area contributed by atoms with Crippen molar-refractivity contribution in [3.05, 3.63) is 48.4 Å². The summed E-state index contributed by atoms with van der Waals surface area (Å²) in [6, 6.07) is 11.0. The lowest BCUT2D eigenvalue weighted by Crippen LogP contribution is -2.41. The number of hydrogen-bond donors (Lipinski definition) is 0. The van der Waals surface area contributed by atoms with Crippen LogP contribution in [-0.2, 0) is 10.0 Å². The number of aromatic nitrogens is 1. The van der Waals surface area contributed by atoms with E-state index in [-0.39, 0.29) is 16.9 Å². The third-order valence-electron chi connectivity index (χ3n) is 4.14. The highest BCUT2D eigenvalue weighted by Crippen LogP contribution is 2.29. The van der Waals surface area contributed by atoms with E-state index in [2.05, 4.69) is 4.98 Å². The van der Waals surface area contributed by atoms with E-state index in [1.54, 1.807) is 30.3 Å². The van der Waals surface area contributed by atoms with Crippen molar-refractivity contribution in [3.63, 3.8) is 0 Å². The fraction of sp³-hybridized carbons (Fsp3) is 0.389. The van der Waals surface area contributed by atoms with Crippen molar-refractivity contribution in [3.8, 4) is 11.6 Å². The molecule has 0 radical (unpaired) electrons. The third kappa shape index (κ3) is 4.13. The number of halogens is 1. The molecule has 8 heteroatoms. The molecule has 0 saturated carbocycles. The van der Waals surface area contributed by atoms with E-state index in [9.17, 15) is 12.8 Å². The van der Waals surface area contributed by atoms with Crippen LogP contribution in [0.5, 0.6) is 11.6 Å². The Bertz CT molecular complexity index is 852. The van der Waals surface area contributed by atoms with E-state index in [0.29, 0.717) is 38.3 Å². The summed E-state index contributed by atoms with van der Waals surface area (Å²) in [5, 5.41) is 0. The van der Waals surface area contributed by atoms with Crippen LogP contribution in [0.4, 0.5) is 4.39 Å². The Hall–Kier alpha value is -2.19. The molecule has 1 saturated heterocycles. The van der Waals surface area contributed by atoms with Gasteiger partial charge >= 0.3 is 0 Å². The molecule has 1 aliphatic rings. The summed E-state index contributed by atoms with van der Waals surface area (Å²) in [7, 11) is -3.64. The molecule has 0 bridgehead atoms. The van der Waals surface area contributed by atoms with Gasteiger partial charge in [0.05, 0.1) is 6.61 Å². The van der Waals surface area contributed by atoms with Crippen LogP contribution in [-0.4, -0.2) is 43.5 Å². The molecule has 0 aliphatic carbocycles. The van der Waals surface area contributed by atoms with Gasteiger partial charge < -0.3 is 9.47 Å². The van der Waals surface area contributed by atoms with Crippen molar-refractivity contribution in [1.29, 1.82) is 0 Å². The van der Waals surface area contributed by atoms with Crippen LogP contribution in [0.1, 0.15) is 19.8 Å². The topological polar surface area (TPSA) is 68.7 Å². The smallest absolute Gasteiger partial charge is 0.246 e. The van der Waals surface area contributed by atoms with Crippen LogP contribution in [0.25, 0.3) is 0 Å². The zero-order chi connectivity index (χ0) is 18.6. The Morgan fingerprint density at radius 1 is 1.15 bits per heavy atom. The summed E-state index contributed by atoms with van der Waals surface area (Å²) in [4.78, 5) is 3.85. The average molecular weight is 380 g/mol. The van der Waals surface area contributed by atoms with Gasteiger partial charge in [-0.3, -0.25) is 0 Å². The van der Waals surface area contributed by atoms with E-state index in [1.165, 1.54) is 16.4 Å². The van der Waals surface area contributed by atoms with Gasteiger partial charge in [-0.15, -0.1) is 0 Å². The molecule has 1 fully saturated rings. The first-order valence-corrected chi connectivity index (χ1v) is 9.96. The molecule has 0 amide bonds. The van der Waals surface area contributed by atoms with Gasteiger partial charge in [0.15, 0.2) is 0 Å². The first-order valence-electron chi connectivity index (χ1n) is 8.52. The Morgan fingerprint density at radius 2 is 1.88 bits per heavy atom. The number of benzene rings is 1. The van der Waals surface area contributed by atoms with Crippen molar-refractivity contribution in [2.45, 2.75) is 30.8 Å². The molecule has 140 valence electrons. The van der Waals surface area contributed by atoms with Gasteiger partial charge in [-0.05, 0) is 38.0 Å². The molecule has 2 heterocycles. The van der Waals surface area contributed by atoms with Gasteiger partial charge in [0.2, 0.25) is 21.9 Å². The summed E-state index contributed by atoms with van der Waals surface area (Å²) >= 11 is 0. The van der Waals surface area contributed by atoms with E-state index in [0.717, 1.165) is 0 Å². The summed E-state index contributed by atoms with van der Waals surface area (Å²) in [5.41, 5.74) is 0. The highest BCUT2D eigenvalue weighted by Gasteiger charge is 2.32. The maximum absolute atomic E-state index is 13.1. The number of pyridine rings is 1. The van der Waals surface area contributed by atoms with Crippen LogP contribution >= 0.6 is 0 Å². The minimum absolute atomic E-state index is 0.174. The van der Waals surface area contributed by atoms with Gasteiger partial charge in [-0.25, -0.2) is 8.42 Å². The van der Waals surface area contributed by atoms with Crippen molar-refractivity contribution in [1.82, 2.24) is 9.29 Å². The lowest BCUT2D eigenvalue weighted by molar-refractivity contribution is 0.128. The molecule has 0 atom stereocenters. The lowest BCUT2D eigenvalue weighted by atomic mass is 10.1. The number of para-hydroxylation sites is 1. The van der Waals surface area contributed by atoms with Crippen LogP contribution in [0.3, 0.4) is 0 Å². The minimum Gasteiger partial charge on any atom is -0.492 e. The SMILES string of the molecule is CCOc1ccccc1S(=O)(=O)N1CCC(Oc2cccc(F)n2)CC1. The zero-order valence-electron chi connectivity index (χ0n) is 14.5. The summed E-state index contributed by atoms with van der Waals surface area (Å²) in [6.45, 7) is 2.85. The molecule has 6 nitrogen and oxygen atoms in total. The number of piperidine rings is 1. The predicted molar refractivity (Wildman–Crippen MR) is 94.2 cm³/mol. The van der Waals surface area contributed by atoms with Gasteiger partial charge in [0.25, 0.3) is 0 Å². The highest BCUT2D eigenvalue weighted by atomic mass is 32.2. The van der Waals surface area contributed by atoms with E-state index < -0.39 is 16.0 Å². The lowest BCUT2D eigenvalue weighted by Gasteiger charge is -2.31. The Labute approximate surface area is 152 Å². The first kappa shape index (κ1) is 18.6.